The fourth-order valence-electron chi connectivity index (χ4n) is 3.03. The van der Waals surface area contributed by atoms with Crippen LogP contribution in [0.3, 0.4) is 0 Å². The SMILES string of the molecule is CC[C@H]1O[C@@H](n2ncc3c(=O)[nH]c(C)nc32)C[C@H]1OC(=O)CCC(=O)O. The third-order valence-corrected chi connectivity index (χ3v) is 4.26. The zero-order valence-electron chi connectivity index (χ0n) is 14.5. The van der Waals surface area contributed by atoms with Crippen molar-refractivity contribution in [3.8, 4) is 0 Å². The standard InChI is InChI=1S/C16H20N4O6/c1-3-10-11(26-14(23)5-4-13(21)22)6-12(25-10)20-15-9(7-17-20)16(24)19-8(2)18-15/h7,10-12H,3-6H2,1-2H3,(H,21,22)(H,18,19,24)/t10-,11-,12-/m1/s1. The van der Waals surface area contributed by atoms with Gasteiger partial charge in [0.2, 0.25) is 0 Å². The van der Waals surface area contributed by atoms with E-state index >= 15 is 0 Å². The van der Waals surface area contributed by atoms with Crippen molar-refractivity contribution in [2.75, 3.05) is 0 Å². The van der Waals surface area contributed by atoms with Gasteiger partial charge < -0.3 is 19.6 Å². The lowest BCUT2D eigenvalue weighted by atomic mass is 10.1. The molecule has 1 aliphatic heterocycles. The maximum atomic E-state index is 12.0. The number of aromatic amines is 1. The van der Waals surface area contributed by atoms with Crippen molar-refractivity contribution in [3.05, 3.63) is 22.4 Å². The molecular weight excluding hydrogens is 344 g/mol. The Bertz CT molecular complexity index is 888. The molecule has 10 heteroatoms. The summed E-state index contributed by atoms with van der Waals surface area (Å²) in [6, 6.07) is 0. The van der Waals surface area contributed by atoms with Gasteiger partial charge in [0.25, 0.3) is 5.56 Å². The van der Waals surface area contributed by atoms with Crippen LogP contribution in [0.25, 0.3) is 11.0 Å². The third-order valence-electron chi connectivity index (χ3n) is 4.26. The van der Waals surface area contributed by atoms with Crippen LogP contribution >= 0.6 is 0 Å². The average molecular weight is 364 g/mol. The van der Waals surface area contributed by atoms with Gasteiger partial charge in [0.05, 0.1) is 25.1 Å². The number of carbonyl (C=O) groups is 2. The Kier molecular flexibility index (Phi) is 5.03. The van der Waals surface area contributed by atoms with Crippen molar-refractivity contribution in [2.45, 2.75) is 58.0 Å². The number of hydrogen-bond acceptors (Lipinski definition) is 7. The minimum atomic E-state index is -1.05. The fraction of sp³-hybridized carbons (Fsp3) is 0.562. The molecule has 0 spiro atoms. The molecule has 2 aromatic rings. The lowest BCUT2D eigenvalue weighted by molar-refractivity contribution is -0.154. The number of ether oxygens (including phenoxy) is 2. The molecule has 0 aliphatic carbocycles. The van der Waals surface area contributed by atoms with E-state index in [4.69, 9.17) is 14.6 Å². The predicted octanol–water partition coefficient (Wildman–Crippen LogP) is 0.902. The highest BCUT2D eigenvalue weighted by molar-refractivity contribution is 5.76. The molecule has 3 rings (SSSR count). The summed E-state index contributed by atoms with van der Waals surface area (Å²) in [5, 5.41) is 13.2. The van der Waals surface area contributed by atoms with E-state index in [9.17, 15) is 14.4 Å². The Hall–Kier alpha value is -2.75. The minimum absolute atomic E-state index is 0.187. The maximum Gasteiger partial charge on any atom is 0.306 e. The molecule has 10 nitrogen and oxygen atoms in total. The topological polar surface area (TPSA) is 136 Å². The zero-order chi connectivity index (χ0) is 18.8. The number of carboxylic acids is 1. The van der Waals surface area contributed by atoms with Gasteiger partial charge >= 0.3 is 11.9 Å². The highest BCUT2D eigenvalue weighted by Gasteiger charge is 2.39. The number of aliphatic carboxylic acids is 1. The first-order valence-corrected chi connectivity index (χ1v) is 8.40. The molecule has 140 valence electrons. The van der Waals surface area contributed by atoms with Gasteiger partial charge in [0.1, 0.15) is 17.3 Å². The van der Waals surface area contributed by atoms with Crippen LogP contribution in [-0.2, 0) is 19.1 Å². The first kappa shape index (κ1) is 18.1. The number of aryl methyl sites for hydroxylation is 1. The van der Waals surface area contributed by atoms with Crippen LogP contribution < -0.4 is 5.56 Å². The second-order valence-corrected chi connectivity index (χ2v) is 6.17. The third kappa shape index (κ3) is 3.59. The molecule has 0 aromatic carbocycles. The van der Waals surface area contributed by atoms with Crippen molar-refractivity contribution < 1.29 is 24.2 Å². The van der Waals surface area contributed by atoms with E-state index in [1.807, 2.05) is 6.92 Å². The molecule has 2 aromatic heterocycles. The Labute approximate surface area is 148 Å². The summed E-state index contributed by atoms with van der Waals surface area (Å²) in [7, 11) is 0. The molecule has 1 saturated heterocycles. The van der Waals surface area contributed by atoms with Crippen LogP contribution in [0.5, 0.6) is 0 Å². The summed E-state index contributed by atoms with van der Waals surface area (Å²) in [6.45, 7) is 3.58. The lowest BCUT2D eigenvalue weighted by Gasteiger charge is -2.16. The second kappa shape index (κ2) is 7.24. The number of esters is 1. The molecule has 3 heterocycles. The number of carboxylic acid groups (broad SMARTS) is 1. The van der Waals surface area contributed by atoms with Gasteiger partial charge in [-0.1, -0.05) is 6.92 Å². The molecule has 0 saturated carbocycles. The predicted molar refractivity (Wildman–Crippen MR) is 88.5 cm³/mol. The highest BCUT2D eigenvalue weighted by atomic mass is 16.6. The fourth-order valence-corrected chi connectivity index (χ4v) is 3.03. The molecule has 1 aliphatic rings. The first-order chi connectivity index (χ1) is 12.4. The molecule has 0 radical (unpaired) electrons. The Balaban J connectivity index is 1.78. The van der Waals surface area contributed by atoms with Crippen LogP contribution in [0, 0.1) is 6.92 Å². The number of H-pyrrole nitrogens is 1. The van der Waals surface area contributed by atoms with E-state index < -0.39 is 24.3 Å². The van der Waals surface area contributed by atoms with Crippen LogP contribution in [0.15, 0.2) is 11.0 Å². The van der Waals surface area contributed by atoms with E-state index in [1.165, 1.54) is 10.9 Å². The number of carbonyl (C=O) groups excluding carboxylic acids is 1. The molecule has 0 unspecified atom stereocenters. The van der Waals surface area contributed by atoms with Gasteiger partial charge in [0.15, 0.2) is 11.9 Å². The van der Waals surface area contributed by atoms with Crippen molar-refractivity contribution >= 4 is 23.0 Å². The van der Waals surface area contributed by atoms with Gasteiger partial charge in [0, 0.05) is 6.42 Å². The number of nitrogens with one attached hydrogen (secondary N) is 1. The van der Waals surface area contributed by atoms with E-state index in [1.54, 1.807) is 6.92 Å². The molecule has 0 bridgehead atoms. The monoisotopic (exact) mass is 364 g/mol. The average Bonchev–Trinajstić information content (AvgIpc) is 3.16. The number of hydrogen-bond donors (Lipinski definition) is 2. The smallest absolute Gasteiger partial charge is 0.306 e. The lowest BCUT2D eigenvalue weighted by Crippen LogP contribution is -2.26. The normalized spacial score (nSPS) is 22.6. The van der Waals surface area contributed by atoms with Crippen LogP contribution in [0.1, 0.15) is 44.7 Å². The van der Waals surface area contributed by atoms with Crippen molar-refractivity contribution in [3.63, 3.8) is 0 Å². The number of rotatable bonds is 6. The van der Waals surface area contributed by atoms with Crippen LogP contribution in [0.2, 0.25) is 0 Å². The number of aromatic nitrogens is 4. The molecule has 0 amide bonds. The van der Waals surface area contributed by atoms with Gasteiger partial charge in [-0.2, -0.15) is 5.10 Å². The zero-order valence-corrected chi connectivity index (χ0v) is 14.5. The molecular formula is C16H20N4O6. The van der Waals surface area contributed by atoms with Gasteiger partial charge in [-0.3, -0.25) is 14.4 Å². The number of nitrogens with zero attached hydrogens (tertiary/aromatic N) is 3. The summed E-state index contributed by atoms with van der Waals surface area (Å²) in [4.78, 5) is 41.3. The largest absolute Gasteiger partial charge is 0.481 e. The van der Waals surface area contributed by atoms with E-state index in [0.717, 1.165) is 0 Å². The second-order valence-electron chi connectivity index (χ2n) is 6.17. The Morgan fingerprint density at radius 3 is 2.92 bits per heavy atom. The maximum absolute atomic E-state index is 12.0. The van der Waals surface area contributed by atoms with Gasteiger partial charge in [-0.05, 0) is 13.3 Å². The Morgan fingerprint density at radius 2 is 2.23 bits per heavy atom. The van der Waals surface area contributed by atoms with Crippen molar-refractivity contribution in [2.24, 2.45) is 0 Å². The molecule has 2 N–H and O–H groups in total. The Morgan fingerprint density at radius 1 is 1.46 bits per heavy atom. The summed E-state index contributed by atoms with van der Waals surface area (Å²) >= 11 is 0. The summed E-state index contributed by atoms with van der Waals surface area (Å²) in [5.41, 5.74) is 0.129. The number of fused-ring (bicyclic) bond motifs is 1. The van der Waals surface area contributed by atoms with E-state index in [2.05, 4.69) is 15.1 Å². The minimum Gasteiger partial charge on any atom is -0.481 e. The van der Waals surface area contributed by atoms with Crippen molar-refractivity contribution in [1.29, 1.82) is 0 Å². The summed E-state index contributed by atoms with van der Waals surface area (Å²) in [5.74, 6) is -1.16. The first-order valence-electron chi connectivity index (χ1n) is 8.40. The van der Waals surface area contributed by atoms with Gasteiger partial charge in [-0.25, -0.2) is 9.67 Å². The van der Waals surface area contributed by atoms with Crippen LogP contribution in [-0.4, -0.2) is 49.0 Å². The van der Waals surface area contributed by atoms with Crippen molar-refractivity contribution in [1.82, 2.24) is 19.7 Å². The summed E-state index contributed by atoms with van der Waals surface area (Å²) in [6.07, 6.45) is 0.558. The van der Waals surface area contributed by atoms with Gasteiger partial charge in [-0.15, -0.1) is 0 Å². The molecule has 26 heavy (non-hydrogen) atoms. The molecule has 1 fully saturated rings. The van der Waals surface area contributed by atoms with E-state index in [-0.39, 0.29) is 24.5 Å². The van der Waals surface area contributed by atoms with E-state index in [0.29, 0.717) is 29.7 Å². The molecule has 3 atom stereocenters. The quantitative estimate of drug-likeness (QED) is 0.722. The summed E-state index contributed by atoms with van der Waals surface area (Å²) < 4.78 is 12.9. The van der Waals surface area contributed by atoms with Crippen LogP contribution in [0.4, 0.5) is 0 Å². The highest BCUT2D eigenvalue weighted by Crippen LogP contribution is 2.33.